The van der Waals surface area contributed by atoms with Crippen LogP contribution < -0.4 is 10.1 Å². The summed E-state index contributed by atoms with van der Waals surface area (Å²) in [5.74, 6) is 0.460. The van der Waals surface area contributed by atoms with Gasteiger partial charge in [-0.2, -0.15) is 0 Å². The van der Waals surface area contributed by atoms with Crippen molar-refractivity contribution >= 4 is 5.91 Å². The van der Waals surface area contributed by atoms with E-state index >= 15 is 0 Å². The van der Waals surface area contributed by atoms with Crippen LogP contribution in [0.5, 0.6) is 5.75 Å². The van der Waals surface area contributed by atoms with Gasteiger partial charge in [0.05, 0.1) is 6.10 Å². The molecule has 0 saturated carbocycles. The van der Waals surface area contributed by atoms with Gasteiger partial charge < -0.3 is 15.2 Å². The van der Waals surface area contributed by atoms with E-state index in [1.54, 1.807) is 25.1 Å². The molecule has 0 fully saturated rings. The van der Waals surface area contributed by atoms with Gasteiger partial charge in [0, 0.05) is 6.54 Å². The van der Waals surface area contributed by atoms with Gasteiger partial charge >= 0.3 is 0 Å². The van der Waals surface area contributed by atoms with Gasteiger partial charge in [-0.1, -0.05) is 12.1 Å². The highest BCUT2D eigenvalue weighted by atomic mass is 16.5. The van der Waals surface area contributed by atoms with Gasteiger partial charge in [-0.15, -0.1) is 6.58 Å². The summed E-state index contributed by atoms with van der Waals surface area (Å²) in [7, 11) is 0. The Bertz CT molecular complexity index is 427. The Kier molecular flexibility index (Phi) is 5.39. The first-order chi connectivity index (χ1) is 8.54. The molecule has 1 rings (SSSR count). The number of carbonyl (C=O) groups is 1. The molecule has 0 radical (unpaired) electrons. The summed E-state index contributed by atoms with van der Waals surface area (Å²) in [5, 5.41) is 12.1. The zero-order valence-electron chi connectivity index (χ0n) is 10.8. The quantitative estimate of drug-likeness (QED) is 0.755. The predicted molar refractivity (Wildman–Crippen MR) is 70.5 cm³/mol. The van der Waals surface area contributed by atoms with Crippen LogP contribution in [0.4, 0.5) is 0 Å². The summed E-state index contributed by atoms with van der Waals surface area (Å²) in [6.07, 6.45) is 1.11. The molecule has 0 aliphatic rings. The molecule has 0 unspecified atom stereocenters. The molecule has 0 aliphatic carbocycles. The second kappa shape index (κ2) is 6.81. The summed E-state index contributed by atoms with van der Waals surface area (Å²) in [6.45, 7) is 7.50. The highest BCUT2D eigenvalue weighted by Gasteiger charge is 2.07. The molecule has 0 saturated heterocycles. The van der Waals surface area contributed by atoms with Gasteiger partial charge in [0.2, 0.25) is 0 Å². The van der Waals surface area contributed by atoms with Gasteiger partial charge in [-0.3, -0.25) is 4.79 Å². The molecule has 4 nitrogen and oxygen atoms in total. The van der Waals surface area contributed by atoms with Crippen molar-refractivity contribution in [2.75, 3.05) is 13.2 Å². The van der Waals surface area contributed by atoms with Crippen LogP contribution in [0.25, 0.3) is 0 Å². The van der Waals surface area contributed by atoms with Crippen molar-refractivity contribution < 1.29 is 14.6 Å². The standard InChI is InChI=1S/C14H19NO3/c1-4-7-15-14(17)9-18-13-6-5-12(11(3)16)8-10(13)2/h4-6,8,11,16H,1,7,9H2,2-3H3,(H,15,17)/t11-/m1/s1. The molecule has 2 N–H and O–H groups in total. The first kappa shape index (κ1) is 14.3. The molecular weight excluding hydrogens is 230 g/mol. The maximum Gasteiger partial charge on any atom is 0.258 e. The third kappa shape index (κ3) is 4.22. The Morgan fingerprint density at radius 2 is 2.33 bits per heavy atom. The minimum atomic E-state index is -0.506. The van der Waals surface area contributed by atoms with E-state index in [-0.39, 0.29) is 12.5 Å². The fraction of sp³-hybridized carbons (Fsp3) is 0.357. The third-order valence-corrected chi connectivity index (χ3v) is 2.48. The number of nitrogens with one attached hydrogen (secondary N) is 1. The minimum Gasteiger partial charge on any atom is -0.484 e. The summed E-state index contributed by atoms with van der Waals surface area (Å²) >= 11 is 0. The lowest BCUT2D eigenvalue weighted by atomic mass is 10.1. The smallest absolute Gasteiger partial charge is 0.258 e. The molecule has 0 spiro atoms. The van der Waals surface area contributed by atoms with Crippen LogP contribution in [0.15, 0.2) is 30.9 Å². The number of rotatable bonds is 6. The Labute approximate surface area is 107 Å². The summed E-state index contributed by atoms with van der Waals surface area (Å²) < 4.78 is 5.40. The monoisotopic (exact) mass is 249 g/mol. The van der Waals surface area contributed by atoms with Crippen molar-refractivity contribution in [1.29, 1.82) is 0 Å². The van der Waals surface area contributed by atoms with Crippen LogP contribution >= 0.6 is 0 Å². The van der Waals surface area contributed by atoms with Crippen molar-refractivity contribution in [1.82, 2.24) is 5.32 Å². The van der Waals surface area contributed by atoms with Crippen LogP contribution in [0, 0.1) is 6.92 Å². The van der Waals surface area contributed by atoms with Gasteiger partial charge in [-0.25, -0.2) is 0 Å². The average molecular weight is 249 g/mol. The lowest BCUT2D eigenvalue weighted by Gasteiger charge is -2.11. The lowest BCUT2D eigenvalue weighted by Crippen LogP contribution is -2.28. The number of ether oxygens (including phenoxy) is 1. The van der Waals surface area contributed by atoms with Crippen molar-refractivity contribution in [3.63, 3.8) is 0 Å². The Morgan fingerprint density at radius 1 is 1.61 bits per heavy atom. The number of amides is 1. The Hall–Kier alpha value is -1.81. The van der Waals surface area contributed by atoms with Crippen molar-refractivity contribution in [2.45, 2.75) is 20.0 Å². The number of aliphatic hydroxyl groups is 1. The molecular formula is C14H19NO3. The maximum atomic E-state index is 11.3. The maximum absolute atomic E-state index is 11.3. The summed E-state index contributed by atoms with van der Waals surface area (Å²) in [4.78, 5) is 11.3. The third-order valence-electron chi connectivity index (χ3n) is 2.48. The topological polar surface area (TPSA) is 58.6 Å². The number of hydrogen-bond donors (Lipinski definition) is 2. The lowest BCUT2D eigenvalue weighted by molar-refractivity contribution is -0.122. The summed E-state index contributed by atoms with van der Waals surface area (Å²) in [5.41, 5.74) is 1.72. The number of aliphatic hydroxyl groups excluding tert-OH is 1. The highest BCUT2D eigenvalue weighted by molar-refractivity contribution is 5.77. The van der Waals surface area contributed by atoms with E-state index in [0.717, 1.165) is 11.1 Å². The zero-order chi connectivity index (χ0) is 13.5. The van der Waals surface area contributed by atoms with Gasteiger partial charge in [-0.05, 0) is 37.1 Å². The number of aryl methyl sites for hydroxylation is 1. The van der Waals surface area contributed by atoms with Crippen molar-refractivity contribution in [3.05, 3.63) is 42.0 Å². The minimum absolute atomic E-state index is 0.0251. The van der Waals surface area contributed by atoms with Crippen LogP contribution in [0.2, 0.25) is 0 Å². The van der Waals surface area contributed by atoms with Crippen molar-refractivity contribution in [2.24, 2.45) is 0 Å². The molecule has 1 atom stereocenters. The van der Waals surface area contributed by atoms with Crippen molar-refractivity contribution in [3.8, 4) is 5.75 Å². The van der Waals surface area contributed by atoms with Crippen LogP contribution in [0.1, 0.15) is 24.2 Å². The van der Waals surface area contributed by atoms with E-state index in [1.165, 1.54) is 0 Å². The SMILES string of the molecule is C=CCNC(=O)COc1ccc([C@@H](C)O)cc1C. The first-order valence-electron chi connectivity index (χ1n) is 5.83. The second-order valence-corrected chi connectivity index (χ2v) is 4.08. The highest BCUT2D eigenvalue weighted by Crippen LogP contribution is 2.22. The largest absolute Gasteiger partial charge is 0.484 e. The van der Waals surface area contributed by atoms with E-state index in [4.69, 9.17) is 4.74 Å². The molecule has 1 aromatic carbocycles. The van der Waals surface area contributed by atoms with Gasteiger partial charge in [0.15, 0.2) is 6.61 Å². The van der Waals surface area contributed by atoms with Gasteiger partial charge in [0.25, 0.3) is 5.91 Å². The van der Waals surface area contributed by atoms with E-state index in [1.807, 2.05) is 13.0 Å². The molecule has 98 valence electrons. The Balaban J connectivity index is 2.57. The van der Waals surface area contributed by atoms with E-state index in [0.29, 0.717) is 12.3 Å². The van der Waals surface area contributed by atoms with E-state index in [2.05, 4.69) is 11.9 Å². The number of hydrogen-bond acceptors (Lipinski definition) is 3. The molecule has 18 heavy (non-hydrogen) atoms. The van der Waals surface area contributed by atoms with Crippen LogP contribution in [-0.2, 0) is 4.79 Å². The molecule has 0 aromatic heterocycles. The summed E-state index contributed by atoms with van der Waals surface area (Å²) in [6, 6.07) is 5.40. The Morgan fingerprint density at radius 3 is 2.89 bits per heavy atom. The molecule has 0 aliphatic heterocycles. The molecule has 0 heterocycles. The first-order valence-corrected chi connectivity index (χ1v) is 5.83. The fourth-order valence-corrected chi connectivity index (χ4v) is 1.47. The molecule has 4 heteroatoms. The van der Waals surface area contributed by atoms with Crippen LogP contribution in [0.3, 0.4) is 0 Å². The average Bonchev–Trinajstić information content (AvgIpc) is 2.34. The van der Waals surface area contributed by atoms with E-state index < -0.39 is 6.10 Å². The zero-order valence-corrected chi connectivity index (χ0v) is 10.8. The predicted octanol–water partition coefficient (Wildman–Crippen LogP) is 1.73. The van der Waals surface area contributed by atoms with E-state index in [9.17, 15) is 9.90 Å². The molecule has 1 aromatic rings. The number of benzene rings is 1. The fourth-order valence-electron chi connectivity index (χ4n) is 1.47. The van der Waals surface area contributed by atoms with Crippen LogP contribution in [-0.4, -0.2) is 24.2 Å². The number of carbonyl (C=O) groups excluding carboxylic acids is 1. The second-order valence-electron chi connectivity index (χ2n) is 4.08. The normalized spacial score (nSPS) is 11.7. The molecule has 0 bridgehead atoms. The molecule has 1 amide bonds. The van der Waals surface area contributed by atoms with Gasteiger partial charge in [0.1, 0.15) is 5.75 Å².